The molecule has 0 saturated heterocycles. The Morgan fingerprint density at radius 3 is 2.59 bits per heavy atom. The maximum absolute atomic E-state index is 10.4. The van der Waals surface area contributed by atoms with Gasteiger partial charge in [0.2, 0.25) is 0 Å². The zero-order valence-corrected chi connectivity index (χ0v) is 11.4. The number of rotatable bonds is 3. The van der Waals surface area contributed by atoms with Crippen molar-refractivity contribution in [3.05, 3.63) is 34.3 Å². The van der Waals surface area contributed by atoms with Gasteiger partial charge in [-0.25, -0.2) is 0 Å². The van der Waals surface area contributed by atoms with Crippen molar-refractivity contribution in [2.75, 3.05) is 0 Å². The molecule has 0 bridgehead atoms. The molecule has 1 aromatic rings. The Balaban J connectivity index is 2.10. The van der Waals surface area contributed by atoms with Crippen molar-refractivity contribution in [2.24, 2.45) is 5.41 Å². The third-order valence-corrected chi connectivity index (χ3v) is 4.52. The third kappa shape index (κ3) is 2.83. The summed E-state index contributed by atoms with van der Waals surface area (Å²) >= 11 is 6.21. The van der Waals surface area contributed by atoms with Crippen molar-refractivity contribution in [1.82, 2.24) is 0 Å². The summed E-state index contributed by atoms with van der Waals surface area (Å²) in [6, 6.07) is 6.07. The maximum atomic E-state index is 10.4. The molecule has 1 fully saturated rings. The molecule has 0 aliphatic heterocycles. The lowest BCUT2D eigenvalue weighted by atomic mass is 9.80. The van der Waals surface area contributed by atoms with Crippen LogP contribution in [0.2, 0.25) is 5.02 Å². The average Bonchev–Trinajstić information content (AvgIpc) is 2.71. The van der Waals surface area contributed by atoms with Crippen LogP contribution in [-0.4, -0.2) is 11.2 Å². The second-order valence-electron chi connectivity index (χ2n) is 5.68. The van der Waals surface area contributed by atoms with E-state index in [1.807, 2.05) is 19.1 Å². The smallest absolute Gasteiger partial charge is 0.0634 e. The summed E-state index contributed by atoms with van der Waals surface area (Å²) in [5, 5.41) is 11.2. The van der Waals surface area contributed by atoms with Gasteiger partial charge in [0.1, 0.15) is 0 Å². The maximum Gasteiger partial charge on any atom is 0.0634 e. The molecular weight excluding hydrogens is 232 g/mol. The van der Waals surface area contributed by atoms with Gasteiger partial charge in [-0.3, -0.25) is 0 Å². The van der Waals surface area contributed by atoms with E-state index >= 15 is 0 Å². The van der Waals surface area contributed by atoms with Crippen molar-refractivity contribution in [3.8, 4) is 0 Å². The van der Waals surface area contributed by atoms with Crippen molar-refractivity contribution in [3.63, 3.8) is 0 Å². The van der Waals surface area contributed by atoms with E-state index in [1.165, 1.54) is 18.4 Å². The quantitative estimate of drug-likeness (QED) is 0.858. The second kappa shape index (κ2) is 4.99. The van der Waals surface area contributed by atoms with Crippen LogP contribution in [-0.2, 0) is 6.42 Å². The zero-order chi connectivity index (χ0) is 12.5. The molecule has 0 amide bonds. The molecule has 0 aromatic heterocycles. The minimum atomic E-state index is -0.273. The molecule has 1 saturated carbocycles. The first-order valence-electron chi connectivity index (χ1n) is 6.44. The Morgan fingerprint density at radius 1 is 1.35 bits per heavy atom. The number of aliphatic hydroxyl groups excluding tert-OH is 1. The van der Waals surface area contributed by atoms with Gasteiger partial charge >= 0.3 is 0 Å². The first kappa shape index (κ1) is 12.9. The normalized spacial score (nSPS) is 20.5. The van der Waals surface area contributed by atoms with E-state index < -0.39 is 0 Å². The van der Waals surface area contributed by atoms with Gasteiger partial charge in [0.05, 0.1) is 6.10 Å². The number of aryl methyl sites for hydroxylation is 1. The number of hydrogen-bond acceptors (Lipinski definition) is 1. The highest BCUT2D eigenvalue weighted by Crippen LogP contribution is 2.41. The molecule has 1 aliphatic rings. The number of hydrogen-bond donors (Lipinski definition) is 1. The van der Waals surface area contributed by atoms with Gasteiger partial charge in [-0.05, 0) is 42.4 Å². The van der Waals surface area contributed by atoms with Gasteiger partial charge in [-0.2, -0.15) is 0 Å². The Hall–Kier alpha value is -0.530. The van der Waals surface area contributed by atoms with Crippen molar-refractivity contribution in [1.29, 1.82) is 0 Å². The van der Waals surface area contributed by atoms with E-state index in [9.17, 15) is 5.11 Å². The molecule has 0 spiro atoms. The largest absolute Gasteiger partial charge is 0.392 e. The first-order valence-corrected chi connectivity index (χ1v) is 6.82. The van der Waals surface area contributed by atoms with Gasteiger partial charge in [0.25, 0.3) is 0 Å². The van der Waals surface area contributed by atoms with Gasteiger partial charge in [0, 0.05) is 11.4 Å². The predicted molar refractivity (Wildman–Crippen MR) is 72.5 cm³/mol. The van der Waals surface area contributed by atoms with Gasteiger partial charge in [-0.1, -0.05) is 43.5 Å². The Bertz CT molecular complexity index is 394. The second-order valence-corrected chi connectivity index (χ2v) is 6.08. The molecule has 1 atom stereocenters. The molecule has 94 valence electrons. The highest BCUT2D eigenvalue weighted by molar-refractivity contribution is 6.31. The lowest BCUT2D eigenvalue weighted by Crippen LogP contribution is -2.31. The molecule has 0 radical (unpaired) electrons. The molecule has 1 aromatic carbocycles. The third-order valence-electron chi connectivity index (χ3n) is 4.17. The lowest BCUT2D eigenvalue weighted by Gasteiger charge is -2.30. The first-order chi connectivity index (χ1) is 8.01. The average molecular weight is 253 g/mol. The van der Waals surface area contributed by atoms with E-state index in [4.69, 9.17) is 11.6 Å². The van der Waals surface area contributed by atoms with E-state index in [-0.39, 0.29) is 11.5 Å². The number of aliphatic hydroxyl groups is 1. The van der Waals surface area contributed by atoms with E-state index in [2.05, 4.69) is 13.0 Å². The summed E-state index contributed by atoms with van der Waals surface area (Å²) in [7, 11) is 0. The van der Waals surface area contributed by atoms with Gasteiger partial charge in [-0.15, -0.1) is 0 Å². The molecule has 1 N–H and O–H groups in total. The van der Waals surface area contributed by atoms with E-state index in [0.29, 0.717) is 6.42 Å². The summed E-state index contributed by atoms with van der Waals surface area (Å²) in [5.41, 5.74) is 2.33. The summed E-state index contributed by atoms with van der Waals surface area (Å²) < 4.78 is 0. The Morgan fingerprint density at radius 2 is 2.00 bits per heavy atom. The fraction of sp³-hybridized carbons (Fsp3) is 0.600. The van der Waals surface area contributed by atoms with Gasteiger partial charge < -0.3 is 5.11 Å². The van der Waals surface area contributed by atoms with Crippen molar-refractivity contribution in [2.45, 2.75) is 52.1 Å². The summed E-state index contributed by atoms with van der Waals surface area (Å²) in [6.45, 7) is 4.23. The van der Waals surface area contributed by atoms with Gasteiger partial charge in [0.15, 0.2) is 0 Å². The molecule has 2 heteroatoms. The SMILES string of the molecule is Cc1ccc(CC(O)C2(C)CCCC2)c(Cl)c1. The minimum absolute atomic E-state index is 0.0915. The van der Waals surface area contributed by atoms with Crippen LogP contribution in [0.15, 0.2) is 18.2 Å². The van der Waals surface area contributed by atoms with Crippen LogP contribution in [0.5, 0.6) is 0 Å². The number of benzene rings is 1. The molecular formula is C15H21ClO. The highest BCUT2D eigenvalue weighted by atomic mass is 35.5. The van der Waals surface area contributed by atoms with Crippen LogP contribution in [0.1, 0.15) is 43.7 Å². The fourth-order valence-corrected chi connectivity index (χ4v) is 3.10. The van der Waals surface area contributed by atoms with Crippen LogP contribution in [0.3, 0.4) is 0 Å². The Kier molecular flexibility index (Phi) is 3.79. The molecule has 2 rings (SSSR count). The van der Waals surface area contributed by atoms with Crippen LogP contribution in [0.25, 0.3) is 0 Å². The van der Waals surface area contributed by atoms with E-state index in [1.54, 1.807) is 0 Å². The zero-order valence-electron chi connectivity index (χ0n) is 10.7. The van der Waals surface area contributed by atoms with Crippen LogP contribution in [0.4, 0.5) is 0 Å². The molecule has 0 heterocycles. The monoisotopic (exact) mass is 252 g/mol. The summed E-state index contributed by atoms with van der Waals surface area (Å²) in [6.07, 6.45) is 5.17. The van der Waals surface area contributed by atoms with Crippen molar-refractivity contribution >= 4 is 11.6 Å². The number of halogens is 1. The highest BCUT2D eigenvalue weighted by Gasteiger charge is 2.35. The van der Waals surface area contributed by atoms with Crippen LogP contribution >= 0.6 is 11.6 Å². The topological polar surface area (TPSA) is 20.2 Å². The van der Waals surface area contributed by atoms with E-state index in [0.717, 1.165) is 23.4 Å². The molecule has 1 unspecified atom stereocenters. The Labute approximate surface area is 109 Å². The molecule has 1 aliphatic carbocycles. The lowest BCUT2D eigenvalue weighted by molar-refractivity contribution is 0.0424. The van der Waals surface area contributed by atoms with Crippen LogP contribution in [0, 0.1) is 12.3 Å². The van der Waals surface area contributed by atoms with Crippen LogP contribution < -0.4 is 0 Å². The summed E-state index contributed by atoms with van der Waals surface area (Å²) in [5.74, 6) is 0. The molecule has 17 heavy (non-hydrogen) atoms. The minimum Gasteiger partial charge on any atom is -0.392 e. The predicted octanol–water partition coefficient (Wildman–Crippen LogP) is 4.13. The summed E-state index contributed by atoms with van der Waals surface area (Å²) in [4.78, 5) is 0. The fourth-order valence-electron chi connectivity index (χ4n) is 2.79. The molecule has 1 nitrogen and oxygen atoms in total. The van der Waals surface area contributed by atoms with Crippen molar-refractivity contribution < 1.29 is 5.11 Å². The standard InChI is InChI=1S/C15H21ClO/c1-11-5-6-12(13(16)9-11)10-14(17)15(2)7-3-4-8-15/h5-6,9,14,17H,3-4,7-8,10H2,1-2H3.